The van der Waals surface area contributed by atoms with E-state index in [1.54, 1.807) is 0 Å². The molecule has 1 aliphatic rings. The van der Waals surface area contributed by atoms with Crippen molar-refractivity contribution < 1.29 is 4.74 Å². The standard InChI is InChI=1S/C20H43N5O/c1-8-21-20(23-11-13-25(16(2)3)17(4)5)22-10-9-12-24-14-18(6)26-19(7)15-24/h16-19H,8-15H2,1-7H3,(H2,21,22,23). The second-order valence-corrected chi connectivity index (χ2v) is 7.98. The molecule has 26 heavy (non-hydrogen) atoms. The molecule has 1 saturated heterocycles. The summed E-state index contributed by atoms with van der Waals surface area (Å²) in [4.78, 5) is 9.74. The third kappa shape index (κ3) is 9.19. The topological polar surface area (TPSA) is 52.1 Å². The van der Waals surface area contributed by atoms with Gasteiger partial charge in [0.05, 0.1) is 12.2 Å². The molecule has 6 heteroatoms. The van der Waals surface area contributed by atoms with Crippen LogP contribution < -0.4 is 10.6 Å². The first kappa shape index (κ1) is 23.2. The monoisotopic (exact) mass is 369 g/mol. The molecule has 0 spiro atoms. The highest BCUT2D eigenvalue weighted by atomic mass is 16.5. The predicted molar refractivity (Wildman–Crippen MR) is 112 cm³/mol. The molecule has 2 atom stereocenters. The van der Waals surface area contributed by atoms with E-state index >= 15 is 0 Å². The highest BCUT2D eigenvalue weighted by Gasteiger charge is 2.21. The zero-order chi connectivity index (χ0) is 19.5. The fourth-order valence-electron chi connectivity index (χ4n) is 3.71. The van der Waals surface area contributed by atoms with Crippen molar-refractivity contribution in [1.29, 1.82) is 0 Å². The molecule has 0 bridgehead atoms. The van der Waals surface area contributed by atoms with Crippen molar-refractivity contribution in [3.63, 3.8) is 0 Å². The van der Waals surface area contributed by atoms with Crippen LogP contribution >= 0.6 is 0 Å². The second-order valence-electron chi connectivity index (χ2n) is 7.98. The molecule has 0 aromatic heterocycles. The minimum absolute atomic E-state index is 0.339. The highest BCUT2D eigenvalue weighted by molar-refractivity contribution is 5.79. The van der Waals surface area contributed by atoms with Crippen LogP contribution in [0.1, 0.15) is 54.9 Å². The first-order chi connectivity index (χ1) is 12.3. The molecule has 6 nitrogen and oxygen atoms in total. The SMILES string of the molecule is CCNC(=NCCCN1CC(C)OC(C)C1)NCCN(C(C)C)C(C)C. The molecule has 0 aliphatic carbocycles. The molecular formula is C20H43N5O. The van der Waals surface area contributed by atoms with Crippen LogP contribution in [0.5, 0.6) is 0 Å². The lowest BCUT2D eigenvalue weighted by molar-refractivity contribution is -0.0679. The number of ether oxygens (including phenoxy) is 1. The average molecular weight is 370 g/mol. The first-order valence-electron chi connectivity index (χ1n) is 10.5. The number of nitrogens with one attached hydrogen (secondary N) is 2. The number of morpholine rings is 1. The van der Waals surface area contributed by atoms with Gasteiger partial charge >= 0.3 is 0 Å². The Morgan fingerprint density at radius 1 is 1.12 bits per heavy atom. The molecule has 1 aliphatic heterocycles. The van der Waals surface area contributed by atoms with Crippen LogP contribution in [0.4, 0.5) is 0 Å². The minimum atomic E-state index is 0.339. The summed E-state index contributed by atoms with van der Waals surface area (Å²) < 4.78 is 5.80. The van der Waals surface area contributed by atoms with Crippen molar-refractivity contribution in [3.05, 3.63) is 0 Å². The Morgan fingerprint density at radius 2 is 1.73 bits per heavy atom. The summed E-state index contributed by atoms with van der Waals surface area (Å²) in [6.07, 6.45) is 1.76. The van der Waals surface area contributed by atoms with E-state index < -0.39 is 0 Å². The lowest BCUT2D eigenvalue weighted by Gasteiger charge is -2.35. The molecule has 2 unspecified atom stereocenters. The van der Waals surface area contributed by atoms with Gasteiger partial charge < -0.3 is 15.4 Å². The van der Waals surface area contributed by atoms with E-state index in [4.69, 9.17) is 9.73 Å². The van der Waals surface area contributed by atoms with Gasteiger partial charge in [-0.05, 0) is 54.9 Å². The Hall–Kier alpha value is -0.850. The molecular weight excluding hydrogens is 326 g/mol. The predicted octanol–water partition coefficient (Wildman–Crippen LogP) is 2.16. The quantitative estimate of drug-likeness (QED) is 0.351. The van der Waals surface area contributed by atoms with Gasteiger partial charge in [0.2, 0.25) is 0 Å². The van der Waals surface area contributed by atoms with Crippen LogP contribution in [-0.4, -0.2) is 85.9 Å². The van der Waals surface area contributed by atoms with Crippen molar-refractivity contribution in [2.45, 2.75) is 79.2 Å². The average Bonchev–Trinajstić information content (AvgIpc) is 2.53. The number of aliphatic imine (C=N–C) groups is 1. The largest absolute Gasteiger partial charge is 0.373 e. The summed E-state index contributed by atoms with van der Waals surface area (Å²) in [6.45, 7) is 22.3. The van der Waals surface area contributed by atoms with Gasteiger partial charge in [0.1, 0.15) is 0 Å². The maximum absolute atomic E-state index is 5.80. The molecule has 154 valence electrons. The zero-order valence-electron chi connectivity index (χ0n) is 18.2. The van der Waals surface area contributed by atoms with Crippen LogP contribution in [-0.2, 0) is 4.74 Å². The van der Waals surface area contributed by atoms with E-state index in [9.17, 15) is 0 Å². The number of guanidine groups is 1. The summed E-state index contributed by atoms with van der Waals surface area (Å²) in [5.41, 5.74) is 0. The van der Waals surface area contributed by atoms with Gasteiger partial charge in [-0.25, -0.2) is 0 Å². The first-order valence-corrected chi connectivity index (χ1v) is 10.5. The fraction of sp³-hybridized carbons (Fsp3) is 0.950. The Morgan fingerprint density at radius 3 is 2.27 bits per heavy atom. The van der Waals surface area contributed by atoms with Gasteiger partial charge in [-0.2, -0.15) is 0 Å². The van der Waals surface area contributed by atoms with Gasteiger partial charge in [-0.3, -0.25) is 14.8 Å². The van der Waals surface area contributed by atoms with Crippen LogP contribution in [0.3, 0.4) is 0 Å². The van der Waals surface area contributed by atoms with Gasteiger partial charge in [-0.1, -0.05) is 0 Å². The van der Waals surface area contributed by atoms with Gasteiger partial charge in [0.25, 0.3) is 0 Å². The van der Waals surface area contributed by atoms with Crippen LogP contribution in [0.2, 0.25) is 0 Å². The van der Waals surface area contributed by atoms with Gasteiger partial charge in [0, 0.05) is 57.9 Å². The number of hydrogen-bond acceptors (Lipinski definition) is 4. The fourth-order valence-corrected chi connectivity index (χ4v) is 3.71. The van der Waals surface area contributed by atoms with Crippen LogP contribution in [0.15, 0.2) is 4.99 Å². The van der Waals surface area contributed by atoms with E-state index in [1.807, 2.05) is 0 Å². The lowest BCUT2D eigenvalue weighted by atomic mass is 10.2. The smallest absolute Gasteiger partial charge is 0.191 e. The summed E-state index contributed by atoms with van der Waals surface area (Å²) in [6, 6.07) is 1.13. The molecule has 0 aromatic carbocycles. The Labute approximate surface area is 161 Å². The molecule has 2 N–H and O–H groups in total. The van der Waals surface area contributed by atoms with E-state index in [0.29, 0.717) is 24.3 Å². The summed E-state index contributed by atoms with van der Waals surface area (Å²) >= 11 is 0. The maximum Gasteiger partial charge on any atom is 0.191 e. The van der Waals surface area contributed by atoms with Crippen molar-refractivity contribution in [1.82, 2.24) is 20.4 Å². The zero-order valence-corrected chi connectivity index (χ0v) is 18.2. The molecule has 1 rings (SSSR count). The number of hydrogen-bond donors (Lipinski definition) is 2. The number of rotatable bonds is 10. The lowest BCUT2D eigenvalue weighted by Crippen LogP contribution is -2.46. The normalized spacial score (nSPS) is 22.5. The third-order valence-electron chi connectivity index (χ3n) is 4.73. The van der Waals surface area contributed by atoms with Gasteiger partial charge in [0.15, 0.2) is 5.96 Å². The van der Waals surface area contributed by atoms with Crippen molar-refractivity contribution in [2.24, 2.45) is 4.99 Å². The summed E-state index contributed by atoms with van der Waals surface area (Å²) in [7, 11) is 0. The van der Waals surface area contributed by atoms with E-state index in [2.05, 4.69) is 68.9 Å². The Bertz CT molecular complexity index is 382. The molecule has 0 aromatic rings. The second kappa shape index (κ2) is 12.5. The minimum Gasteiger partial charge on any atom is -0.373 e. The molecule has 1 heterocycles. The van der Waals surface area contributed by atoms with Crippen LogP contribution in [0, 0.1) is 0 Å². The van der Waals surface area contributed by atoms with Crippen LogP contribution in [0.25, 0.3) is 0 Å². The molecule has 0 radical (unpaired) electrons. The highest BCUT2D eigenvalue weighted by Crippen LogP contribution is 2.10. The molecule has 1 fully saturated rings. The van der Waals surface area contributed by atoms with Gasteiger partial charge in [-0.15, -0.1) is 0 Å². The van der Waals surface area contributed by atoms with E-state index in [0.717, 1.165) is 58.2 Å². The molecule has 0 saturated carbocycles. The third-order valence-corrected chi connectivity index (χ3v) is 4.73. The maximum atomic E-state index is 5.80. The van der Waals surface area contributed by atoms with E-state index in [1.165, 1.54) is 0 Å². The Kier molecular flexibility index (Phi) is 11.2. The molecule has 0 amide bonds. The van der Waals surface area contributed by atoms with Crippen molar-refractivity contribution >= 4 is 5.96 Å². The summed E-state index contributed by atoms with van der Waals surface area (Å²) in [5, 5.41) is 6.83. The van der Waals surface area contributed by atoms with E-state index in [-0.39, 0.29) is 0 Å². The summed E-state index contributed by atoms with van der Waals surface area (Å²) in [5.74, 6) is 0.934. The van der Waals surface area contributed by atoms with Crippen molar-refractivity contribution in [2.75, 3.05) is 45.8 Å². The number of nitrogens with zero attached hydrogens (tertiary/aromatic N) is 3. The Balaban J connectivity index is 2.34. The van der Waals surface area contributed by atoms with Crippen molar-refractivity contribution in [3.8, 4) is 0 Å².